The van der Waals surface area contributed by atoms with E-state index in [1.165, 1.54) is 0 Å². The van der Waals surface area contributed by atoms with Crippen molar-refractivity contribution in [2.24, 2.45) is 5.92 Å². The summed E-state index contributed by atoms with van der Waals surface area (Å²) in [7, 11) is 0. The predicted molar refractivity (Wildman–Crippen MR) is 98.7 cm³/mol. The number of likely N-dealkylation sites (tertiary alicyclic amines) is 1. The van der Waals surface area contributed by atoms with E-state index in [1.807, 2.05) is 23.1 Å². The minimum absolute atomic E-state index is 0.0613. The zero-order valence-electron chi connectivity index (χ0n) is 15.0. The Bertz CT molecular complexity index is 882. The molecular weight excluding hydrogens is 342 g/mol. The molecule has 3 aromatic rings. The average molecular weight is 363 g/mol. The standard InChI is InChI=1S/C20H21N5O2/c26-20(17-6-2-10-22-13-17)25-11-3-4-15(14-25)7-8-18-23-19(27-24-18)16-5-1-9-21-12-16/h1-2,5-6,9-10,12-13,15H,3-4,7-8,11,14H2. The van der Waals surface area contributed by atoms with Crippen molar-refractivity contribution in [2.75, 3.05) is 13.1 Å². The molecule has 0 radical (unpaired) electrons. The zero-order valence-corrected chi connectivity index (χ0v) is 15.0. The lowest BCUT2D eigenvalue weighted by molar-refractivity contribution is 0.0667. The summed E-state index contributed by atoms with van der Waals surface area (Å²) in [5, 5.41) is 4.08. The van der Waals surface area contributed by atoms with Crippen molar-refractivity contribution in [3.05, 3.63) is 60.4 Å². The van der Waals surface area contributed by atoms with E-state index in [-0.39, 0.29) is 5.91 Å². The third-order valence-electron chi connectivity index (χ3n) is 4.87. The SMILES string of the molecule is O=C(c1cccnc1)N1CCCC(CCc2noc(-c3cccnc3)n2)C1. The van der Waals surface area contributed by atoms with E-state index in [4.69, 9.17) is 4.52 Å². The van der Waals surface area contributed by atoms with Gasteiger partial charge in [0.15, 0.2) is 5.82 Å². The van der Waals surface area contributed by atoms with Crippen molar-refractivity contribution < 1.29 is 9.32 Å². The van der Waals surface area contributed by atoms with Gasteiger partial charge in [-0.2, -0.15) is 4.98 Å². The topological polar surface area (TPSA) is 85.0 Å². The first-order valence-corrected chi connectivity index (χ1v) is 9.22. The first-order chi connectivity index (χ1) is 13.3. The van der Waals surface area contributed by atoms with E-state index < -0.39 is 0 Å². The van der Waals surface area contributed by atoms with E-state index >= 15 is 0 Å². The summed E-state index contributed by atoms with van der Waals surface area (Å²) < 4.78 is 5.34. The number of pyridine rings is 2. The highest BCUT2D eigenvalue weighted by atomic mass is 16.5. The molecule has 4 rings (SSSR count). The molecule has 0 spiro atoms. The molecule has 4 heterocycles. The second kappa shape index (κ2) is 8.07. The van der Waals surface area contributed by atoms with Crippen molar-refractivity contribution in [1.82, 2.24) is 25.0 Å². The Labute approximate surface area is 157 Å². The van der Waals surface area contributed by atoms with E-state index in [1.54, 1.807) is 30.9 Å². The number of hydrogen-bond acceptors (Lipinski definition) is 6. The van der Waals surface area contributed by atoms with Gasteiger partial charge in [-0.25, -0.2) is 0 Å². The molecule has 1 amide bonds. The Balaban J connectivity index is 1.34. The third kappa shape index (κ3) is 4.19. The van der Waals surface area contributed by atoms with Crippen LogP contribution in [0, 0.1) is 5.92 Å². The summed E-state index contributed by atoms with van der Waals surface area (Å²) in [5.41, 5.74) is 1.47. The molecule has 1 atom stereocenters. The van der Waals surface area contributed by atoms with Gasteiger partial charge in [-0.1, -0.05) is 5.16 Å². The molecule has 0 saturated carbocycles. The molecule has 7 heteroatoms. The Morgan fingerprint density at radius 3 is 2.81 bits per heavy atom. The molecule has 1 aliphatic rings. The highest BCUT2D eigenvalue weighted by Gasteiger charge is 2.25. The van der Waals surface area contributed by atoms with E-state index in [0.717, 1.165) is 44.3 Å². The number of aromatic nitrogens is 4. The molecule has 3 aromatic heterocycles. The number of rotatable bonds is 5. The highest BCUT2D eigenvalue weighted by molar-refractivity contribution is 5.93. The van der Waals surface area contributed by atoms with Crippen molar-refractivity contribution in [3.8, 4) is 11.5 Å². The Hall–Kier alpha value is -3.09. The lowest BCUT2D eigenvalue weighted by Gasteiger charge is -2.32. The van der Waals surface area contributed by atoms with Gasteiger partial charge in [-0.3, -0.25) is 14.8 Å². The Morgan fingerprint density at radius 2 is 2.04 bits per heavy atom. The summed E-state index contributed by atoms with van der Waals surface area (Å²) in [6, 6.07) is 7.35. The normalized spacial score (nSPS) is 17.0. The van der Waals surface area contributed by atoms with Crippen LogP contribution in [0.2, 0.25) is 0 Å². The van der Waals surface area contributed by atoms with Crippen LogP contribution in [-0.4, -0.2) is 44.0 Å². The van der Waals surface area contributed by atoms with Gasteiger partial charge < -0.3 is 9.42 Å². The maximum absolute atomic E-state index is 12.6. The van der Waals surface area contributed by atoms with Crippen LogP contribution < -0.4 is 0 Å². The van der Waals surface area contributed by atoms with E-state index in [2.05, 4.69) is 20.1 Å². The first-order valence-electron chi connectivity index (χ1n) is 9.22. The van der Waals surface area contributed by atoms with Gasteiger partial charge in [0.25, 0.3) is 11.8 Å². The number of amides is 1. The summed E-state index contributed by atoms with van der Waals surface area (Å²) in [6.45, 7) is 1.57. The van der Waals surface area contributed by atoms with Crippen molar-refractivity contribution in [3.63, 3.8) is 0 Å². The Morgan fingerprint density at radius 1 is 1.19 bits per heavy atom. The molecule has 1 fully saturated rings. The fraction of sp³-hybridized carbons (Fsp3) is 0.350. The van der Waals surface area contributed by atoms with Crippen molar-refractivity contribution in [1.29, 1.82) is 0 Å². The van der Waals surface area contributed by atoms with Crippen LogP contribution in [0.3, 0.4) is 0 Å². The molecule has 0 aromatic carbocycles. The largest absolute Gasteiger partial charge is 0.338 e. The maximum Gasteiger partial charge on any atom is 0.259 e. The lowest BCUT2D eigenvalue weighted by Crippen LogP contribution is -2.40. The van der Waals surface area contributed by atoms with Crippen LogP contribution in [-0.2, 0) is 6.42 Å². The summed E-state index contributed by atoms with van der Waals surface area (Å²) >= 11 is 0. The van der Waals surface area contributed by atoms with Crippen LogP contribution in [0.1, 0.15) is 35.4 Å². The molecule has 0 aliphatic carbocycles. The summed E-state index contributed by atoms with van der Waals surface area (Å²) in [4.78, 5) is 27.1. The minimum atomic E-state index is 0.0613. The third-order valence-corrected chi connectivity index (χ3v) is 4.87. The van der Waals surface area contributed by atoms with Gasteiger partial charge in [0, 0.05) is 44.3 Å². The molecule has 1 saturated heterocycles. The molecule has 27 heavy (non-hydrogen) atoms. The van der Waals surface area contributed by atoms with Gasteiger partial charge in [0.05, 0.1) is 11.1 Å². The monoisotopic (exact) mass is 363 g/mol. The van der Waals surface area contributed by atoms with Crippen molar-refractivity contribution >= 4 is 5.91 Å². The lowest BCUT2D eigenvalue weighted by atomic mass is 9.93. The van der Waals surface area contributed by atoms with Gasteiger partial charge in [0.1, 0.15) is 0 Å². The molecular formula is C20H21N5O2. The van der Waals surface area contributed by atoms with Gasteiger partial charge >= 0.3 is 0 Å². The minimum Gasteiger partial charge on any atom is -0.338 e. The molecule has 1 unspecified atom stereocenters. The molecule has 0 N–H and O–H groups in total. The number of hydrogen-bond donors (Lipinski definition) is 0. The Kier molecular flexibility index (Phi) is 5.18. The van der Waals surface area contributed by atoms with Crippen LogP contribution in [0.15, 0.2) is 53.6 Å². The fourth-order valence-electron chi connectivity index (χ4n) is 3.45. The fourth-order valence-corrected chi connectivity index (χ4v) is 3.45. The van der Waals surface area contributed by atoms with Crippen LogP contribution in [0.5, 0.6) is 0 Å². The highest BCUT2D eigenvalue weighted by Crippen LogP contribution is 2.23. The van der Waals surface area contributed by atoms with Crippen LogP contribution in [0.4, 0.5) is 0 Å². The van der Waals surface area contributed by atoms with E-state index in [9.17, 15) is 4.79 Å². The second-order valence-electron chi connectivity index (χ2n) is 6.80. The van der Waals surface area contributed by atoms with Crippen LogP contribution in [0.25, 0.3) is 11.5 Å². The average Bonchev–Trinajstić information content (AvgIpc) is 3.22. The second-order valence-corrected chi connectivity index (χ2v) is 6.80. The first kappa shape index (κ1) is 17.3. The zero-order chi connectivity index (χ0) is 18.5. The molecule has 0 bridgehead atoms. The quantitative estimate of drug-likeness (QED) is 0.693. The number of piperidine rings is 1. The number of carbonyl (C=O) groups is 1. The molecule has 138 valence electrons. The van der Waals surface area contributed by atoms with Gasteiger partial charge in [-0.15, -0.1) is 0 Å². The number of carbonyl (C=O) groups excluding carboxylic acids is 1. The smallest absolute Gasteiger partial charge is 0.259 e. The van der Waals surface area contributed by atoms with Gasteiger partial charge in [0.2, 0.25) is 0 Å². The predicted octanol–water partition coefficient (Wildman–Crippen LogP) is 3.01. The maximum atomic E-state index is 12.6. The number of nitrogens with zero attached hydrogens (tertiary/aromatic N) is 5. The molecule has 1 aliphatic heterocycles. The molecule has 7 nitrogen and oxygen atoms in total. The van der Waals surface area contributed by atoms with Gasteiger partial charge in [-0.05, 0) is 49.4 Å². The van der Waals surface area contributed by atoms with Crippen molar-refractivity contribution in [2.45, 2.75) is 25.7 Å². The number of aryl methyl sites for hydroxylation is 1. The van der Waals surface area contributed by atoms with Crippen LogP contribution >= 0.6 is 0 Å². The van der Waals surface area contributed by atoms with E-state index in [0.29, 0.717) is 23.2 Å². The summed E-state index contributed by atoms with van der Waals surface area (Å²) in [5.74, 6) is 1.70. The summed E-state index contributed by atoms with van der Waals surface area (Å²) in [6.07, 6.45) is 10.5.